The third-order valence-electron chi connectivity index (χ3n) is 3.42. The summed E-state index contributed by atoms with van der Waals surface area (Å²) in [4.78, 5) is 12.1. The Morgan fingerprint density at radius 2 is 2.00 bits per heavy atom. The van der Waals surface area contributed by atoms with Crippen LogP contribution in [0.2, 0.25) is 0 Å². The normalized spacial score (nSPS) is 20.6. The van der Waals surface area contributed by atoms with Crippen molar-refractivity contribution in [3.63, 3.8) is 0 Å². The first-order chi connectivity index (χ1) is 9.15. The van der Waals surface area contributed by atoms with Gasteiger partial charge in [-0.1, -0.05) is 11.6 Å². The minimum absolute atomic E-state index is 0.116. The van der Waals surface area contributed by atoms with Crippen molar-refractivity contribution in [2.24, 2.45) is 5.10 Å². The number of hydrogen-bond acceptors (Lipinski definition) is 4. The van der Waals surface area contributed by atoms with Gasteiger partial charge >= 0.3 is 0 Å². The van der Waals surface area contributed by atoms with Gasteiger partial charge in [-0.05, 0) is 25.5 Å². The second-order valence-corrected chi connectivity index (χ2v) is 4.97. The highest BCUT2D eigenvalue weighted by Gasteiger charge is 2.28. The Morgan fingerprint density at radius 1 is 1.26 bits per heavy atom. The Labute approximate surface area is 112 Å². The molecule has 0 bridgehead atoms. The first kappa shape index (κ1) is 12.2. The van der Waals surface area contributed by atoms with Gasteiger partial charge in [-0.15, -0.1) is 0 Å². The lowest BCUT2D eigenvalue weighted by atomic mass is 10.0. The molecule has 19 heavy (non-hydrogen) atoms. The fraction of sp³-hybridized carbons (Fsp3) is 0.429. The lowest BCUT2D eigenvalue weighted by Gasteiger charge is -2.24. The van der Waals surface area contributed by atoms with E-state index in [1.807, 2.05) is 24.9 Å². The molecule has 0 atom stereocenters. The molecule has 0 radical (unpaired) electrons. The molecule has 1 aromatic rings. The van der Waals surface area contributed by atoms with Gasteiger partial charge in [-0.2, -0.15) is 5.10 Å². The van der Waals surface area contributed by atoms with E-state index in [0.29, 0.717) is 18.9 Å². The molecule has 1 amide bonds. The zero-order valence-corrected chi connectivity index (χ0v) is 11.2. The van der Waals surface area contributed by atoms with Crippen molar-refractivity contribution in [1.29, 1.82) is 0 Å². The highest BCUT2D eigenvalue weighted by Crippen LogP contribution is 2.28. The number of nitrogens with zero attached hydrogens (tertiary/aromatic N) is 2. The molecule has 0 saturated carbocycles. The number of carbonyl (C=O) groups excluding carboxylic acids is 1. The predicted octanol–water partition coefficient (Wildman–Crippen LogP) is 1.29. The van der Waals surface area contributed by atoms with Gasteiger partial charge in [0.05, 0.1) is 32.0 Å². The molecule has 5 nitrogen and oxygen atoms in total. The SMILES string of the molecule is Cc1cc(C)c2c(c1)/C(=N/N1CCOCC1)C(=O)N2. The van der Waals surface area contributed by atoms with Gasteiger partial charge in [-0.25, -0.2) is 0 Å². The van der Waals surface area contributed by atoms with E-state index in [1.54, 1.807) is 0 Å². The highest BCUT2D eigenvalue weighted by atomic mass is 16.5. The molecule has 100 valence electrons. The summed E-state index contributed by atoms with van der Waals surface area (Å²) in [5, 5.41) is 9.31. The number of benzene rings is 1. The first-order valence-corrected chi connectivity index (χ1v) is 6.49. The highest BCUT2D eigenvalue weighted by molar-refractivity contribution is 6.54. The standard InChI is InChI=1S/C14H17N3O2/c1-9-7-10(2)12-11(8-9)13(14(18)15-12)16-17-3-5-19-6-4-17/h7-8H,3-6H2,1-2H3,(H,15,16,18). The predicted molar refractivity (Wildman–Crippen MR) is 73.5 cm³/mol. The number of aryl methyl sites for hydroxylation is 2. The van der Waals surface area contributed by atoms with Crippen LogP contribution < -0.4 is 5.32 Å². The van der Waals surface area contributed by atoms with Crippen LogP contribution in [0.3, 0.4) is 0 Å². The molecule has 2 aliphatic rings. The smallest absolute Gasteiger partial charge is 0.276 e. The largest absolute Gasteiger partial charge is 0.378 e. The maximum absolute atomic E-state index is 12.1. The van der Waals surface area contributed by atoms with Crippen molar-refractivity contribution < 1.29 is 9.53 Å². The van der Waals surface area contributed by atoms with Crippen LogP contribution in [0, 0.1) is 13.8 Å². The van der Waals surface area contributed by atoms with Gasteiger partial charge in [0.25, 0.3) is 5.91 Å². The first-order valence-electron chi connectivity index (χ1n) is 6.49. The molecule has 2 aliphatic heterocycles. The average molecular weight is 259 g/mol. The maximum Gasteiger partial charge on any atom is 0.276 e. The number of rotatable bonds is 1. The number of nitrogens with one attached hydrogen (secondary N) is 1. The lowest BCUT2D eigenvalue weighted by molar-refractivity contribution is -0.110. The zero-order chi connectivity index (χ0) is 13.4. The fourth-order valence-corrected chi connectivity index (χ4v) is 2.51. The van der Waals surface area contributed by atoms with Crippen molar-refractivity contribution in [1.82, 2.24) is 5.01 Å². The van der Waals surface area contributed by atoms with Crippen LogP contribution in [0.15, 0.2) is 17.2 Å². The van der Waals surface area contributed by atoms with Crippen LogP contribution in [-0.4, -0.2) is 42.9 Å². The van der Waals surface area contributed by atoms with Gasteiger partial charge in [0.1, 0.15) is 0 Å². The lowest BCUT2D eigenvalue weighted by Crippen LogP contribution is -2.34. The Hall–Kier alpha value is -1.88. The number of hydrazone groups is 1. The van der Waals surface area contributed by atoms with E-state index >= 15 is 0 Å². The molecule has 1 aromatic carbocycles. The Bertz CT molecular complexity index is 560. The van der Waals surface area contributed by atoms with E-state index in [0.717, 1.165) is 35.5 Å². The zero-order valence-electron chi connectivity index (χ0n) is 11.2. The van der Waals surface area contributed by atoms with Crippen molar-refractivity contribution in [3.05, 3.63) is 28.8 Å². The van der Waals surface area contributed by atoms with Crippen LogP contribution in [0.5, 0.6) is 0 Å². The fourth-order valence-electron chi connectivity index (χ4n) is 2.51. The molecule has 3 rings (SSSR count). The van der Waals surface area contributed by atoms with Gasteiger partial charge < -0.3 is 10.1 Å². The van der Waals surface area contributed by atoms with E-state index in [1.165, 1.54) is 0 Å². The summed E-state index contributed by atoms with van der Waals surface area (Å²) in [5.41, 5.74) is 4.54. The molecular weight excluding hydrogens is 242 g/mol. The van der Waals surface area contributed by atoms with Crippen LogP contribution >= 0.6 is 0 Å². The summed E-state index contributed by atoms with van der Waals surface area (Å²) in [5.74, 6) is -0.116. The molecule has 0 aromatic heterocycles. The van der Waals surface area contributed by atoms with Crippen LogP contribution in [0.25, 0.3) is 0 Å². The van der Waals surface area contributed by atoms with E-state index in [2.05, 4.69) is 16.5 Å². The molecule has 0 spiro atoms. The molecule has 1 saturated heterocycles. The molecule has 5 heteroatoms. The number of carbonyl (C=O) groups is 1. The van der Waals surface area contributed by atoms with Crippen LogP contribution in [0.4, 0.5) is 5.69 Å². The third kappa shape index (κ3) is 2.21. The van der Waals surface area contributed by atoms with Crippen molar-refractivity contribution in [2.45, 2.75) is 13.8 Å². The maximum atomic E-state index is 12.1. The number of ether oxygens (including phenoxy) is 1. The quantitative estimate of drug-likeness (QED) is 0.827. The van der Waals surface area contributed by atoms with Crippen molar-refractivity contribution in [2.75, 3.05) is 31.6 Å². The van der Waals surface area contributed by atoms with Crippen molar-refractivity contribution in [3.8, 4) is 0 Å². The Balaban J connectivity index is 1.99. The summed E-state index contributed by atoms with van der Waals surface area (Å²) < 4.78 is 5.29. The summed E-state index contributed by atoms with van der Waals surface area (Å²) in [6, 6.07) is 4.08. The summed E-state index contributed by atoms with van der Waals surface area (Å²) in [7, 11) is 0. The molecule has 0 aliphatic carbocycles. The Kier molecular flexibility index (Phi) is 2.98. The molecule has 1 N–H and O–H groups in total. The molecule has 1 fully saturated rings. The molecular formula is C14H17N3O2. The molecule has 2 heterocycles. The minimum atomic E-state index is -0.116. The number of anilines is 1. The van der Waals surface area contributed by atoms with E-state index in [-0.39, 0.29) is 5.91 Å². The van der Waals surface area contributed by atoms with Crippen molar-refractivity contribution >= 4 is 17.3 Å². The van der Waals surface area contributed by atoms with E-state index in [4.69, 9.17) is 4.74 Å². The Morgan fingerprint density at radius 3 is 2.74 bits per heavy atom. The number of amides is 1. The molecule has 0 unspecified atom stereocenters. The third-order valence-corrected chi connectivity index (χ3v) is 3.42. The van der Waals surface area contributed by atoms with Crippen LogP contribution in [0.1, 0.15) is 16.7 Å². The van der Waals surface area contributed by atoms with Gasteiger partial charge in [0.2, 0.25) is 0 Å². The van der Waals surface area contributed by atoms with Crippen LogP contribution in [-0.2, 0) is 9.53 Å². The van der Waals surface area contributed by atoms with Gasteiger partial charge in [-0.3, -0.25) is 9.80 Å². The summed E-state index contributed by atoms with van der Waals surface area (Å²) in [6.07, 6.45) is 0. The summed E-state index contributed by atoms with van der Waals surface area (Å²) >= 11 is 0. The van der Waals surface area contributed by atoms with Gasteiger partial charge in [0.15, 0.2) is 5.71 Å². The monoisotopic (exact) mass is 259 g/mol. The second-order valence-electron chi connectivity index (χ2n) is 4.97. The van der Waals surface area contributed by atoms with E-state index < -0.39 is 0 Å². The topological polar surface area (TPSA) is 53.9 Å². The number of hydrogen-bond donors (Lipinski definition) is 1. The number of morpholine rings is 1. The van der Waals surface area contributed by atoms with E-state index in [9.17, 15) is 4.79 Å². The van der Waals surface area contributed by atoms with Gasteiger partial charge in [0, 0.05) is 5.56 Å². The minimum Gasteiger partial charge on any atom is -0.378 e. The second kappa shape index (κ2) is 4.66. The average Bonchev–Trinajstić information content (AvgIpc) is 2.69. The number of fused-ring (bicyclic) bond motifs is 1. The summed E-state index contributed by atoms with van der Waals surface area (Å²) in [6.45, 7) is 6.83.